The zero-order valence-corrected chi connectivity index (χ0v) is 11.9. The Labute approximate surface area is 113 Å². The van der Waals surface area contributed by atoms with Gasteiger partial charge in [-0.25, -0.2) is 0 Å². The van der Waals surface area contributed by atoms with Gasteiger partial charge in [0.2, 0.25) is 5.91 Å². The molecule has 0 saturated heterocycles. The Morgan fingerprint density at radius 2 is 2.31 bits per heavy atom. The zero-order chi connectivity index (χ0) is 12.0. The van der Waals surface area contributed by atoms with Crippen LogP contribution in [0.5, 0.6) is 0 Å². The minimum Gasteiger partial charge on any atom is -0.351 e. The summed E-state index contributed by atoms with van der Waals surface area (Å²) in [5.41, 5.74) is 0. The van der Waals surface area contributed by atoms with Crippen molar-refractivity contribution in [2.24, 2.45) is 0 Å². The van der Waals surface area contributed by atoms with E-state index in [0.29, 0.717) is 18.0 Å². The number of thiophene rings is 1. The van der Waals surface area contributed by atoms with E-state index < -0.39 is 0 Å². The highest BCUT2D eigenvalue weighted by Crippen LogP contribution is 2.23. The monoisotopic (exact) mass is 321 g/mol. The predicted molar refractivity (Wildman–Crippen MR) is 73.0 cm³/mol. The first kappa shape index (κ1) is 13.7. The lowest BCUT2D eigenvalue weighted by molar-refractivity contribution is -0.120. The second kappa shape index (κ2) is 7.09. The molecule has 1 aromatic heterocycles. The zero-order valence-electron chi connectivity index (χ0n) is 8.76. The average Bonchev–Trinajstić information content (AvgIpc) is 2.61. The number of hydrogen-bond acceptors (Lipinski definition) is 2. The number of rotatable bonds is 6. The van der Waals surface area contributed by atoms with Crippen molar-refractivity contribution in [2.45, 2.75) is 19.3 Å². The highest BCUT2D eigenvalue weighted by Gasteiger charge is 2.02. The van der Waals surface area contributed by atoms with Gasteiger partial charge in [-0.05, 0) is 40.9 Å². The molecule has 1 N–H and O–H groups in total. The molecule has 88 valence electrons. The van der Waals surface area contributed by atoms with Crippen LogP contribution in [0.2, 0.25) is 0 Å². The number of halogens is 2. The Morgan fingerprint density at radius 1 is 1.56 bits per heavy atom. The van der Waals surface area contributed by atoms with Crippen molar-refractivity contribution >= 4 is 44.8 Å². The molecular weight excluding hydrogens is 310 g/mol. The SMILES string of the molecule is C=C(Cl)CNC(=O)CCCc1ccc(Br)s1. The van der Waals surface area contributed by atoms with Gasteiger partial charge in [0, 0.05) is 16.3 Å². The number of carbonyl (C=O) groups is 1. The molecule has 2 nitrogen and oxygen atoms in total. The fourth-order valence-electron chi connectivity index (χ4n) is 1.19. The first-order chi connectivity index (χ1) is 7.58. The summed E-state index contributed by atoms with van der Waals surface area (Å²) in [6.07, 6.45) is 2.32. The van der Waals surface area contributed by atoms with E-state index in [0.717, 1.165) is 16.6 Å². The van der Waals surface area contributed by atoms with E-state index >= 15 is 0 Å². The molecule has 1 rings (SSSR count). The van der Waals surface area contributed by atoms with Gasteiger partial charge in [-0.2, -0.15) is 0 Å². The number of amides is 1. The van der Waals surface area contributed by atoms with Crippen LogP contribution >= 0.6 is 38.9 Å². The lowest BCUT2D eigenvalue weighted by Crippen LogP contribution is -2.24. The molecule has 16 heavy (non-hydrogen) atoms. The lowest BCUT2D eigenvalue weighted by atomic mass is 10.2. The number of nitrogens with one attached hydrogen (secondary N) is 1. The Bertz CT molecular complexity index is 378. The molecule has 0 aliphatic carbocycles. The summed E-state index contributed by atoms with van der Waals surface area (Å²) in [5.74, 6) is 0.0254. The van der Waals surface area contributed by atoms with Crippen LogP contribution in [0.3, 0.4) is 0 Å². The summed E-state index contributed by atoms with van der Waals surface area (Å²) in [6, 6.07) is 4.10. The van der Waals surface area contributed by atoms with Crippen molar-refractivity contribution in [3.8, 4) is 0 Å². The second-order valence-electron chi connectivity index (χ2n) is 3.35. The van der Waals surface area contributed by atoms with E-state index in [1.165, 1.54) is 4.88 Å². The number of hydrogen-bond donors (Lipinski definition) is 1. The number of carbonyl (C=O) groups excluding carboxylic acids is 1. The van der Waals surface area contributed by atoms with E-state index in [4.69, 9.17) is 11.6 Å². The van der Waals surface area contributed by atoms with Gasteiger partial charge in [0.15, 0.2) is 0 Å². The van der Waals surface area contributed by atoms with Gasteiger partial charge >= 0.3 is 0 Å². The molecule has 0 atom stereocenters. The minimum absolute atomic E-state index is 0.0254. The predicted octanol–water partition coefficient (Wildman–Crippen LogP) is 3.70. The van der Waals surface area contributed by atoms with Crippen LogP contribution in [0.25, 0.3) is 0 Å². The maximum absolute atomic E-state index is 11.3. The fraction of sp³-hybridized carbons (Fsp3) is 0.364. The van der Waals surface area contributed by atoms with Gasteiger partial charge < -0.3 is 5.32 Å². The topological polar surface area (TPSA) is 29.1 Å². The summed E-state index contributed by atoms with van der Waals surface area (Å²) in [7, 11) is 0. The van der Waals surface area contributed by atoms with Gasteiger partial charge in [0.1, 0.15) is 0 Å². The van der Waals surface area contributed by atoms with Gasteiger partial charge in [0.05, 0.1) is 10.3 Å². The van der Waals surface area contributed by atoms with Gasteiger partial charge in [-0.1, -0.05) is 18.2 Å². The Hall–Kier alpha value is -0.320. The van der Waals surface area contributed by atoms with Crippen molar-refractivity contribution in [3.63, 3.8) is 0 Å². The first-order valence-electron chi connectivity index (χ1n) is 4.92. The molecule has 0 radical (unpaired) electrons. The molecule has 0 bridgehead atoms. The largest absolute Gasteiger partial charge is 0.351 e. The Kier molecular flexibility index (Phi) is 6.09. The van der Waals surface area contributed by atoms with Crippen LogP contribution in [0, 0.1) is 0 Å². The highest BCUT2D eigenvalue weighted by molar-refractivity contribution is 9.11. The molecule has 0 aromatic carbocycles. The molecule has 0 unspecified atom stereocenters. The Balaban J connectivity index is 2.15. The van der Waals surface area contributed by atoms with Crippen molar-refractivity contribution in [1.82, 2.24) is 5.32 Å². The molecule has 1 amide bonds. The van der Waals surface area contributed by atoms with Gasteiger partial charge in [0.25, 0.3) is 0 Å². The molecule has 5 heteroatoms. The molecule has 1 aromatic rings. The van der Waals surface area contributed by atoms with Crippen molar-refractivity contribution in [3.05, 3.63) is 32.4 Å². The van der Waals surface area contributed by atoms with Crippen molar-refractivity contribution in [2.75, 3.05) is 6.54 Å². The van der Waals surface area contributed by atoms with E-state index in [1.807, 2.05) is 6.07 Å². The van der Waals surface area contributed by atoms with Crippen LogP contribution in [0.15, 0.2) is 27.5 Å². The van der Waals surface area contributed by atoms with E-state index in [-0.39, 0.29) is 5.91 Å². The molecule has 0 saturated carbocycles. The van der Waals surface area contributed by atoms with E-state index in [2.05, 4.69) is 33.9 Å². The normalized spacial score (nSPS) is 10.1. The summed E-state index contributed by atoms with van der Waals surface area (Å²) < 4.78 is 1.13. The van der Waals surface area contributed by atoms with E-state index in [9.17, 15) is 4.79 Å². The smallest absolute Gasteiger partial charge is 0.220 e. The molecule has 0 fully saturated rings. The van der Waals surface area contributed by atoms with Crippen molar-refractivity contribution < 1.29 is 4.79 Å². The summed E-state index contributed by atoms with van der Waals surface area (Å²) in [5, 5.41) is 3.15. The van der Waals surface area contributed by atoms with Crippen LogP contribution < -0.4 is 5.32 Å². The standard InChI is InChI=1S/C11H13BrClNOS/c1-8(13)7-14-11(15)4-2-3-9-5-6-10(12)16-9/h5-6H,1-4,7H2,(H,14,15). The van der Waals surface area contributed by atoms with Gasteiger partial charge in [-0.15, -0.1) is 11.3 Å². The van der Waals surface area contributed by atoms with E-state index in [1.54, 1.807) is 11.3 Å². The molecule has 1 heterocycles. The Morgan fingerprint density at radius 3 is 2.88 bits per heavy atom. The maximum Gasteiger partial charge on any atom is 0.220 e. The van der Waals surface area contributed by atoms with Crippen LogP contribution in [-0.2, 0) is 11.2 Å². The molecule has 0 aliphatic heterocycles. The van der Waals surface area contributed by atoms with Crippen molar-refractivity contribution in [1.29, 1.82) is 0 Å². The quantitative estimate of drug-likeness (QED) is 0.850. The summed E-state index contributed by atoms with van der Waals surface area (Å²) in [6.45, 7) is 3.86. The first-order valence-corrected chi connectivity index (χ1v) is 6.91. The summed E-state index contributed by atoms with van der Waals surface area (Å²) in [4.78, 5) is 12.6. The van der Waals surface area contributed by atoms with Crippen LogP contribution in [0.1, 0.15) is 17.7 Å². The third-order valence-corrected chi connectivity index (χ3v) is 3.75. The third kappa shape index (κ3) is 5.68. The molecular formula is C11H13BrClNOS. The third-order valence-electron chi connectivity index (χ3n) is 1.93. The summed E-state index contributed by atoms with van der Waals surface area (Å²) >= 11 is 10.7. The lowest BCUT2D eigenvalue weighted by Gasteiger charge is -2.02. The minimum atomic E-state index is 0.0254. The molecule has 0 spiro atoms. The average molecular weight is 323 g/mol. The second-order valence-corrected chi connectivity index (χ2v) is 6.44. The number of aryl methyl sites for hydroxylation is 1. The molecule has 0 aliphatic rings. The highest BCUT2D eigenvalue weighted by atomic mass is 79.9. The van der Waals surface area contributed by atoms with Crippen LogP contribution in [0.4, 0.5) is 0 Å². The van der Waals surface area contributed by atoms with Crippen LogP contribution in [-0.4, -0.2) is 12.5 Å². The fourth-order valence-corrected chi connectivity index (χ4v) is 2.78. The van der Waals surface area contributed by atoms with Gasteiger partial charge in [-0.3, -0.25) is 4.79 Å². The maximum atomic E-state index is 11.3.